The van der Waals surface area contributed by atoms with Gasteiger partial charge in [0.25, 0.3) is 0 Å². The lowest BCUT2D eigenvalue weighted by Crippen LogP contribution is -2.42. The summed E-state index contributed by atoms with van der Waals surface area (Å²) in [4.78, 5) is 14.4. The molecule has 3 unspecified atom stereocenters. The fourth-order valence-electron chi connectivity index (χ4n) is 3.98. The molecule has 0 saturated heterocycles. The fraction of sp³-hybridized carbons (Fsp3) is 0.632. The van der Waals surface area contributed by atoms with Gasteiger partial charge in [0.15, 0.2) is 0 Å². The molecule has 1 aliphatic heterocycles. The van der Waals surface area contributed by atoms with Crippen LogP contribution >= 0.6 is 0 Å². The Morgan fingerprint density at radius 2 is 2.09 bits per heavy atom. The van der Waals surface area contributed by atoms with E-state index < -0.39 is 6.10 Å². The Bertz CT molecular complexity index is 584. The van der Waals surface area contributed by atoms with Crippen LogP contribution < -0.4 is 5.32 Å². The molecule has 0 aromatic heterocycles. The second kappa shape index (κ2) is 6.25. The van der Waals surface area contributed by atoms with Crippen LogP contribution in [0.2, 0.25) is 0 Å². The molecule has 2 saturated carbocycles. The molecule has 0 radical (unpaired) electrons. The molecule has 1 amide bonds. The van der Waals surface area contributed by atoms with E-state index >= 15 is 0 Å². The van der Waals surface area contributed by atoms with Crippen LogP contribution in [0.5, 0.6) is 0 Å². The molecule has 4 heteroatoms. The van der Waals surface area contributed by atoms with Crippen LogP contribution in [0.1, 0.15) is 30.4 Å². The molecule has 0 spiro atoms. The molecule has 2 fully saturated rings. The Morgan fingerprint density at radius 3 is 2.87 bits per heavy atom. The van der Waals surface area contributed by atoms with Gasteiger partial charge in [-0.15, -0.1) is 0 Å². The first-order chi connectivity index (χ1) is 11.2. The molecule has 0 bridgehead atoms. The number of benzene rings is 1. The van der Waals surface area contributed by atoms with Gasteiger partial charge in [-0.2, -0.15) is 0 Å². The first-order valence-corrected chi connectivity index (χ1v) is 8.95. The van der Waals surface area contributed by atoms with Crippen LogP contribution in [0.15, 0.2) is 24.3 Å². The molecule has 23 heavy (non-hydrogen) atoms. The van der Waals surface area contributed by atoms with Gasteiger partial charge in [-0.25, -0.2) is 0 Å². The Balaban J connectivity index is 1.20. The molecule has 3 aliphatic rings. The van der Waals surface area contributed by atoms with Crippen LogP contribution in [-0.4, -0.2) is 41.7 Å². The number of hydrogen-bond donors (Lipinski definition) is 2. The van der Waals surface area contributed by atoms with Crippen molar-refractivity contribution in [3.63, 3.8) is 0 Å². The molecule has 1 aromatic carbocycles. The average Bonchev–Trinajstić information content (AvgIpc) is 3.44. The number of hydrogen-bond acceptors (Lipinski definition) is 3. The van der Waals surface area contributed by atoms with Crippen LogP contribution in [0.25, 0.3) is 0 Å². The number of aliphatic hydroxyl groups is 1. The summed E-state index contributed by atoms with van der Waals surface area (Å²) in [6.45, 7) is 2.89. The Hall–Kier alpha value is -1.39. The molecule has 124 valence electrons. The Morgan fingerprint density at radius 1 is 1.30 bits per heavy atom. The summed E-state index contributed by atoms with van der Waals surface area (Å²) in [5, 5.41) is 13.2. The largest absolute Gasteiger partial charge is 0.390 e. The number of nitrogens with zero attached hydrogens (tertiary/aromatic N) is 1. The summed E-state index contributed by atoms with van der Waals surface area (Å²) in [7, 11) is 0. The maximum atomic E-state index is 12.1. The average molecular weight is 314 g/mol. The molecular formula is C19H26N2O2. The summed E-state index contributed by atoms with van der Waals surface area (Å²) in [6, 6.07) is 8.52. The van der Waals surface area contributed by atoms with Crippen molar-refractivity contribution in [2.45, 2.75) is 38.3 Å². The zero-order valence-corrected chi connectivity index (χ0v) is 13.6. The van der Waals surface area contributed by atoms with Crippen molar-refractivity contribution < 1.29 is 9.90 Å². The van der Waals surface area contributed by atoms with Crippen molar-refractivity contribution in [2.24, 2.45) is 17.8 Å². The highest BCUT2D eigenvalue weighted by molar-refractivity contribution is 5.81. The van der Waals surface area contributed by atoms with Gasteiger partial charge >= 0.3 is 0 Å². The number of nitrogens with one attached hydrogen (secondary N) is 1. The second-order valence-electron chi connectivity index (χ2n) is 7.50. The number of amides is 1. The van der Waals surface area contributed by atoms with E-state index in [-0.39, 0.29) is 11.8 Å². The number of carbonyl (C=O) groups excluding carboxylic acids is 1. The maximum absolute atomic E-state index is 12.1. The zero-order chi connectivity index (χ0) is 15.8. The number of fused-ring (bicyclic) bond motifs is 1. The summed E-state index contributed by atoms with van der Waals surface area (Å²) in [6.07, 6.45) is 4.25. The van der Waals surface area contributed by atoms with Crippen LogP contribution in [0, 0.1) is 17.8 Å². The second-order valence-corrected chi connectivity index (χ2v) is 7.50. The monoisotopic (exact) mass is 314 g/mol. The highest BCUT2D eigenvalue weighted by atomic mass is 16.3. The minimum absolute atomic E-state index is 0.157. The number of carbonyl (C=O) groups is 1. The summed E-state index contributed by atoms with van der Waals surface area (Å²) in [5.41, 5.74) is 2.78. The number of β-amino-alcohol motifs (C(OH)–C–C–N with tert-alkyl or cyclic N) is 1. The highest BCUT2D eigenvalue weighted by Gasteiger charge is 2.50. The lowest BCUT2D eigenvalue weighted by molar-refractivity contribution is -0.123. The summed E-state index contributed by atoms with van der Waals surface area (Å²) in [5.74, 6) is 1.86. The van der Waals surface area contributed by atoms with Gasteiger partial charge < -0.3 is 10.4 Å². The van der Waals surface area contributed by atoms with Crippen LogP contribution in [-0.2, 0) is 17.8 Å². The molecule has 1 heterocycles. The minimum atomic E-state index is -0.484. The first-order valence-electron chi connectivity index (χ1n) is 8.95. The van der Waals surface area contributed by atoms with Crippen molar-refractivity contribution in [3.05, 3.63) is 35.4 Å². The van der Waals surface area contributed by atoms with E-state index in [1.165, 1.54) is 24.0 Å². The van der Waals surface area contributed by atoms with Crippen LogP contribution in [0.3, 0.4) is 0 Å². The normalized spacial score (nSPS) is 28.0. The van der Waals surface area contributed by atoms with E-state index in [1.807, 2.05) is 0 Å². The smallest absolute Gasteiger partial charge is 0.223 e. The molecule has 3 atom stereocenters. The Kier molecular flexibility index (Phi) is 4.12. The van der Waals surface area contributed by atoms with Crippen molar-refractivity contribution in [1.29, 1.82) is 0 Å². The standard InChI is InChI=1S/C19H26N2O2/c22-16(10-20-19(23)18-9-17(18)14-5-6-14)12-21-8-7-13-3-1-2-4-15(13)11-21/h1-4,14,16-18,22H,5-12H2,(H,20,23). The predicted molar refractivity (Wildman–Crippen MR) is 88.8 cm³/mol. The molecule has 1 aromatic rings. The van der Waals surface area contributed by atoms with Gasteiger partial charge in [-0.1, -0.05) is 24.3 Å². The molecule has 4 rings (SSSR count). The van der Waals surface area contributed by atoms with Gasteiger partial charge in [0.1, 0.15) is 0 Å². The third kappa shape index (κ3) is 3.59. The van der Waals surface area contributed by atoms with Crippen molar-refractivity contribution in [2.75, 3.05) is 19.6 Å². The van der Waals surface area contributed by atoms with E-state index in [0.29, 0.717) is 19.0 Å². The quantitative estimate of drug-likeness (QED) is 0.838. The maximum Gasteiger partial charge on any atom is 0.223 e. The zero-order valence-electron chi connectivity index (χ0n) is 13.6. The van der Waals surface area contributed by atoms with Gasteiger partial charge in [0, 0.05) is 32.1 Å². The van der Waals surface area contributed by atoms with Gasteiger partial charge in [0.2, 0.25) is 5.91 Å². The molecule has 4 nitrogen and oxygen atoms in total. The highest BCUT2D eigenvalue weighted by Crippen LogP contribution is 2.54. The summed E-state index contributed by atoms with van der Waals surface area (Å²) < 4.78 is 0. The van der Waals surface area contributed by atoms with E-state index in [1.54, 1.807) is 0 Å². The van der Waals surface area contributed by atoms with Crippen molar-refractivity contribution in [1.82, 2.24) is 10.2 Å². The van der Waals surface area contributed by atoms with Crippen molar-refractivity contribution >= 4 is 5.91 Å². The van der Waals surface area contributed by atoms with Gasteiger partial charge in [-0.3, -0.25) is 9.69 Å². The fourth-order valence-corrected chi connectivity index (χ4v) is 3.98. The first kappa shape index (κ1) is 15.2. The van der Waals surface area contributed by atoms with E-state index in [9.17, 15) is 9.90 Å². The van der Waals surface area contributed by atoms with E-state index in [2.05, 4.69) is 34.5 Å². The van der Waals surface area contributed by atoms with Crippen LogP contribution in [0.4, 0.5) is 0 Å². The summed E-state index contributed by atoms with van der Waals surface area (Å²) >= 11 is 0. The topological polar surface area (TPSA) is 52.6 Å². The van der Waals surface area contributed by atoms with Crippen molar-refractivity contribution in [3.8, 4) is 0 Å². The van der Waals surface area contributed by atoms with Gasteiger partial charge in [-0.05, 0) is 48.6 Å². The third-order valence-corrected chi connectivity index (χ3v) is 5.59. The molecular weight excluding hydrogens is 288 g/mol. The number of rotatable bonds is 6. The SMILES string of the molecule is O=C(NCC(O)CN1CCc2ccccc2C1)C1CC1C1CC1. The number of aliphatic hydroxyl groups excluding tert-OH is 1. The lowest BCUT2D eigenvalue weighted by atomic mass is 10.00. The molecule has 2 aliphatic carbocycles. The Labute approximate surface area is 137 Å². The minimum Gasteiger partial charge on any atom is -0.390 e. The lowest BCUT2D eigenvalue weighted by Gasteiger charge is -2.30. The molecule has 2 N–H and O–H groups in total. The van der Waals surface area contributed by atoms with E-state index in [0.717, 1.165) is 31.8 Å². The predicted octanol–water partition coefficient (Wildman–Crippen LogP) is 1.57. The van der Waals surface area contributed by atoms with E-state index in [4.69, 9.17) is 0 Å². The third-order valence-electron chi connectivity index (χ3n) is 5.59. The van der Waals surface area contributed by atoms with Gasteiger partial charge in [0.05, 0.1) is 6.10 Å².